The van der Waals surface area contributed by atoms with Crippen molar-refractivity contribution in [1.82, 2.24) is 4.31 Å². The molecule has 3 nitrogen and oxygen atoms in total. The zero-order valence-electron chi connectivity index (χ0n) is 11.2. The van der Waals surface area contributed by atoms with E-state index in [2.05, 4.69) is 15.9 Å². The summed E-state index contributed by atoms with van der Waals surface area (Å²) < 4.78 is 27.4. The Morgan fingerprint density at radius 3 is 2.38 bits per heavy atom. The van der Waals surface area contributed by atoms with Crippen LogP contribution in [0.3, 0.4) is 0 Å². The molecule has 1 aromatic heterocycles. The molecule has 1 heterocycles. The minimum absolute atomic E-state index is 0.195. The third kappa shape index (κ3) is 3.46. The van der Waals surface area contributed by atoms with Crippen molar-refractivity contribution in [1.29, 1.82) is 0 Å². The first kappa shape index (κ1) is 17.2. The van der Waals surface area contributed by atoms with Gasteiger partial charge in [0.05, 0.1) is 8.81 Å². The number of thiophene rings is 1. The molecule has 8 heteroatoms. The highest BCUT2D eigenvalue weighted by atomic mass is 79.9. The van der Waals surface area contributed by atoms with E-state index in [1.807, 2.05) is 18.2 Å². The Morgan fingerprint density at radius 1 is 1.24 bits per heavy atom. The third-order valence-electron chi connectivity index (χ3n) is 3.16. The quantitative estimate of drug-likeness (QED) is 0.670. The molecule has 114 valence electrons. The number of nitrogens with zero attached hydrogens (tertiary/aromatic N) is 1. The van der Waals surface area contributed by atoms with Gasteiger partial charge in [-0.3, -0.25) is 0 Å². The molecule has 0 aliphatic heterocycles. The van der Waals surface area contributed by atoms with E-state index in [1.54, 1.807) is 13.0 Å². The van der Waals surface area contributed by atoms with Crippen LogP contribution in [0.25, 0.3) is 0 Å². The lowest BCUT2D eigenvalue weighted by molar-refractivity contribution is 0.399. The number of halogens is 3. The molecule has 0 aliphatic carbocycles. The summed E-state index contributed by atoms with van der Waals surface area (Å²) in [4.78, 5) is 0. The molecule has 2 rings (SSSR count). The summed E-state index contributed by atoms with van der Waals surface area (Å²) in [6.07, 6.45) is 0. The molecular weight excluding hydrogens is 417 g/mol. The van der Waals surface area contributed by atoms with Crippen molar-refractivity contribution in [3.63, 3.8) is 0 Å². The van der Waals surface area contributed by atoms with E-state index >= 15 is 0 Å². The molecule has 0 spiro atoms. The van der Waals surface area contributed by atoms with Gasteiger partial charge in [0.1, 0.15) is 4.21 Å². The molecule has 0 saturated carbocycles. The Hall–Kier alpha value is -0.110. The van der Waals surface area contributed by atoms with E-state index in [1.165, 1.54) is 17.4 Å². The van der Waals surface area contributed by atoms with Gasteiger partial charge >= 0.3 is 0 Å². The van der Waals surface area contributed by atoms with Crippen molar-refractivity contribution < 1.29 is 8.42 Å². The van der Waals surface area contributed by atoms with Crippen LogP contribution in [0.15, 0.2) is 38.3 Å². The van der Waals surface area contributed by atoms with Gasteiger partial charge in [-0.15, -0.1) is 11.3 Å². The van der Waals surface area contributed by atoms with Gasteiger partial charge in [0.25, 0.3) is 10.0 Å². The number of rotatable bonds is 4. The molecule has 1 atom stereocenters. The third-order valence-corrected chi connectivity index (χ3v) is 8.35. The predicted molar refractivity (Wildman–Crippen MR) is 91.8 cm³/mol. The van der Waals surface area contributed by atoms with Crippen LogP contribution in [-0.2, 0) is 10.0 Å². The van der Waals surface area contributed by atoms with Crippen molar-refractivity contribution in [3.8, 4) is 0 Å². The number of sulfonamides is 1. The summed E-state index contributed by atoms with van der Waals surface area (Å²) in [5.74, 6) is 0. The van der Waals surface area contributed by atoms with Crippen molar-refractivity contribution >= 4 is 60.5 Å². The molecule has 0 N–H and O–H groups in total. The van der Waals surface area contributed by atoms with Crippen LogP contribution in [0.4, 0.5) is 0 Å². The molecule has 0 fully saturated rings. The maximum Gasteiger partial charge on any atom is 0.252 e. The summed E-state index contributed by atoms with van der Waals surface area (Å²) in [5.41, 5.74) is 0.756. The van der Waals surface area contributed by atoms with Crippen molar-refractivity contribution in [2.75, 3.05) is 7.05 Å². The van der Waals surface area contributed by atoms with Crippen molar-refractivity contribution in [2.45, 2.75) is 17.2 Å². The van der Waals surface area contributed by atoms with E-state index in [-0.39, 0.29) is 10.3 Å². The minimum atomic E-state index is -3.63. The number of hydrogen-bond acceptors (Lipinski definition) is 3. The Labute approximate surface area is 146 Å². The average Bonchev–Trinajstić information content (AvgIpc) is 2.78. The fourth-order valence-corrected chi connectivity index (χ4v) is 6.03. The zero-order chi connectivity index (χ0) is 15.8. The van der Waals surface area contributed by atoms with Crippen molar-refractivity contribution in [2.24, 2.45) is 0 Å². The van der Waals surface area contributed by atoms with Crippen LogP contribution in [0, 0.1) is 0 Å². The summed E-state index contributed by atoms with van der Waals surface area (Å²) >= 11 is 16.4. The fourth-order valence-electron chi connectivity index (χ4n) is 1.81. The summed E-state index contributed by atoms with van der Waals surface area (Å²) in [5, 5.41) is 0.926. The molecule has 0 amide bonds. The number of benzene rings is 1. The highest BCUT2D eigenvalue weighted by Gasteiger charge is 2.29. The molecule has 1 unspecified atom stereocenters. The molecule has 0 aliphatic rings. The van der Waals surface area contributed by atoms with E-state index in [9.17, 15) is 8.42 Å². The Balaban J connectivity index is 2.38. The fraction of sp³-hybridized carbons (Fsp3) is 0.231. The van der Waals surface area contributed by atoms with Gasteiger partial charge in [-0.2, -0.15) is 4.31 Å². The second kappa shape index (κ2) is 6.56. The van der Waals surface area contributed by atoms with E-state index in [4.69, 9.17) is 23.2 Å². The Kier molecular flexibility index (Phi) is 5.39. The topological polar surface area (TPSA) is 37.4 Å². The van der Waals surface area contributed by atoms with Gasteiger partial charge < -0.3 is 0 Å². The lowest BCUT2D eigenvalue weighted by Crippen LogP contribution is -2.29. The van der Waals surface area contributed by atoms with Crippen LogP contribution < -0.4 is 0 Å². The van der Waals surface area contributed by atoms with E-state index in [0.29, 0.717) is 13.8 Å². The van der Waals surface area contributed by atoms with Crippen LogP contribution in [0.2, 0.25) is 10.0 Å². The Bertz CT molecular complexity index is 742. The van der Waals surface area contributed by atoms with Crippen LogP contribution in [-0.4, -0.2) is 19.8 Å². The van der Waals surface area contributed by atoms with Gasteiger partial charge in [0.15, 0.2) is 0 Å². The summed E-state index contributed by atoms with van der Waals surface area (Å²) in [6, 6.07) is 8.26. The standard InChI is InChI=1S/C13H12BrCl2NO2S2/c1-8(9-5-3-4-6-10(9)15)17(2)21(18,19)12-7-11(16)13(14)20-12/h3-8H,1-2H3. The second-order valence-electron chi connectivity index (χ2n) is 4.41. The van der Waals surface area contributed by atoms with Gasteiger partial charge in [0.2, 0.25) is 0 Å². The monoisotopic (exact) mass is 427 g/mol. The first-order valence-electron chi connectivity index (χ1n) is 5.92. The SMILES string of the molecule is CC(c1ccccc1Cl)N(C)S(=O)(=O)c1cc(Cl)c(Br)s1. The first-order valence-corrected chi connectivity index (χ1v) is 9.73. The highest BCUT2D eigenvalue weighted by Crippen LogP contribution is 2.38. The van der Waals surface area contributed by atoms with Crippen LogP contribution in [0.1, 0.15) is 18.5 Å². The molecule has 2 aromatic rings. The van der Waals surface area contributed by atoms with E-state index in [0.717, 1.165) is 16.9 Å². The smallest absolute Gasteiger partial charge is 0.206 e. The normalized spacial score (nSPS) is 13.6. The summed E-state index contributed by atoms with van der Waals surface area (Å²) in [7, 11) is -2.09. The largest absolute Gasteiger partial charge is 0.252 e. The minimum Gasteiger partial charge on any atom is -0.206 e. The second-order valence-corrected chi connectivity index (χ2v) is 9.81. The molecular formula is C13H12BrCl2NO2S2. The summed E-state index contributed by atoms with van der Waals surface area (Å²) in [6.45, 7) is 1.79. The molecule has 0 saturated heterocycles. The zero-order valence-corrected chi connectivity index (χ0v) is 15.9. The van der Waals surface area contributed by atoms with Crippen molar-refractivity contribution in [3.05, 3.63) is 49.7 Å². The van der Waals surface area contributed by atoms with Gasteiger partial charge in [-0.25, -0.2) is 8.42 Å². The lowest BCUT2D eigenvalue weighted by Gasteiger charge is -2.24. The molecule has 1 aromatic carbocycles. The average molecular weight is 429 g/mol. The van der Waals surface area contributed by atoms with E-state index < -0.39 is 10.0 Å². The molecule has 0 radical (unpaired) electrons. The molecule has 0 bridgehead atoms. The molecule has 21 heavy (non-hydrogen) atoms. The van der Waals surface area contributed by atoms with Gasteiger partial charge in [0, 0.05) is 18.1 Å². The highest BCUT2D eigenvalue weighted by molar-refractivity contribution is 9.11. The van der Waals surface area contributed by atoms with Gasteiger partial charge in [-0.1, -0.05) is 41.4 Å². The predicted octanol–water partition coefficient (Wildman–Crippen LogP) is 5.20. The maximum absolute atomic E-state index is 12.6. The maximum atomic E-state index is 12.6. The van der Waals surface area contributed by atoms with Crippen LogP contribution >= 0.6 is 50.5 Å². The first-order chi connectivity index (χ1) is 9.75. The lowest BCUT2D eigenvalue weighted by atomic mass is 10.1. The Morgan fingerprint density at radius 2 is 1.86 bits per heavy atom. The van der Waals surface area contributed by atoms with Gasteiger partial charge in [-0.05, 0) is 40.5 Å². The number of hydrogen-bond donors (Lipinski definition) is 0. The van der Waals surface area contributed by atoms with Crippen LogP contribution in [0.5, 0.6) is 0 Å².